The maximum atomic E-state index is 5.49. The Morgan fingerprint density at radius 2 is 2.06 bits per heavy atom. The van der Waals surface area contributed by atoms with Crippen LogP contribution in [0.1, 0.15) is 52.3 Å². The minimum Gasteiger partial charge on any atom is -0.407 e. The van der Waals surface area contributed by atoms with Gasteiger partial charge in [-0.3, -0.25) is 0 Å². The number of nitrogens with one attached hydrogen (secondary N) is 2. The first kappa shape index (κ1) is 15.0. The molecule has 0 aliphatic heterocycles. The molecule has 0 fully saturated rings. The number of anilines is 1. The van der Waals surface area contributed by atoms with Crippen molar-refractivity contribution in [3.05, 3.63) is 5.89 Å². The van der Waals surface area contributed by atoms with Crippen LogP contribution in [0.25, 0.3) is 0 Å². The summed E-state index contributed by atoms with van der Waals surface area (Å²) in [6.45, 7) is 8.96. The minimum absolute atomic E-state index is 0.540. The zero-order valence-corrected chi connectivity index (χ0v) is 11.8. The zero-order valence-electron chi connectivity index (χ0n) is 11.8. The van der Waals surface area contributed by atoms with Gasteiger partial charge >= 0.3 is 6.01 Å². The molecule has 1 unspecified atom stereocenters. The molecule has 1 rings (SSSR count). The average Bonchev–Trinajstić information content (AvgIpc) is 2.84. The van der Waals surface area contributed by atoms with E-state index in [0.29, 0.717) is 24.4 Å². The van der Waals surface area contributed by atoms with E-state index in [1.807, 2.05) is 0 Å². The summed E-state index contributed by atoms with van der Waals surface area (Å²) in [6, 6.07) is 0.540. The molecule has 104 valence electrons. The Bertz CT molecular complexity index is 314. The fraction of sp³-hybridized carbons (Fsp3) is 0.846. The van der Waals surface area contributed by atoms with Gasteiger partial charge in [-0.05, 0) is 18.9 Å². The van der Waals surface area contributed by atoms with Crippen LogP contribution in [-0.4, -0.2) is 23.3 Å². The number of unbranched alkanes of at least 4 members (excludes halogenated alkanes) is 1. The van der Waals surface area contributed by atoms with Crippen LogP contribution >= 0.6 is 0 Å². The monoisotopic (exact) mass is 254 g/mol. The molecule has 0 amide bonds. The molecular weight excluding hydrogens is 228 g/mol. The third kappa shape index (κ3) is 5.49. The van der Waals surface area contributed by atoms with Crippen molar-refractivity contribution in [1.29, 1.82) is 0 Å². The normalized spacial score (nSPS) is 12.6. The summed E-state index contributed by atoms with van der Waals surface area (Å²) in [4.78, 5) is 0. The molecule has 1 aromatic heterocycles. The van der Waals surface area contributed by atoms with E-state index in [9.17, 15) is 0 Å². The standard InChI is InChI=1S/C13H26N4O/c1-4-7-8-11(5-2)9-15-13-17-16-12(18-13)10-14-6-3/h11,14H,4-10H2,1-3H3,(H,15,17). The van der Waals surface area contributed by atoms with Crippen LogP contribution in [0.3, 0.4) is 0 Å². The fourth-order valence-corrected chi connectivity index (χ4v) is 1.80. The van der Waals surface area contributed by atoms with Crippen molar-refractivity contribution < 1.29 is 4.42 Å². The van der Waals surface area contributed by atoms with Gasteiger partial charge in [0.2, 0.25) is 5.89 Å². The Morgan fingerprint density at radius 1 is 1.22 bits per heavy atom. The first-order chi connectivity index (χ1) is 8.80. The predicted octanol–water partition coefficient (Wildman–Crippen LogP) is 2.81. The van der Waals surface area contributed by atoms with Crippen molar-refractivity contribution in [2.45, 2.75) is 53.0 Å². The minimum atomic E-state index is 0.540. The van der Waals surface area contributed by atoms with Gasteiger partial charge in [-0.25, -0.2) is 0 Å². The molecule has 1 heterocycles. The Labute approximate surface area is 110 Å². The summed E-state index contributed by atoms with van der Waals surface area (Å²) in [5.74, 6) is 1.33. The third-order valence-electron chi connectivity index (χ3n) is 3.08. The Hall–Kier alpha value is -1.10. The molecule has 1 aromatic rings. The van der Waals surface area contributed by atoms with E-state index in [-0.39, 0.29) is 0 Å². The van der Waals surface area contributed by atoms with Gasteiger partial charge in [-0.15, -0.1) is 5.10 Å². The highest BCUT2D eigenvalue weighted by molar-refractivity contribution is 5.16. The lowest BCUT2D eigenvalue weighted by Crippen LogP contribution is -2.13. The Kier molecular flexibility index (Phi) is 7.41. The molecule has 0 saturated carbocycles. The van der Waals surface area contributed by atoms with E-state index in [1.54, 1.807) is 0 Å². The molecule has 0 spiro atoms. The summed E-state index contributed by atoms with van der Waals surface area (Å²) in [6.07, 6.45) is 4.99. The van der Waals surface area contributed by atoms with Crippen LogP contribution in [0.4, 0.5) is 6.01 Å². The van der Waals surface area contributed by atoms with E-state index in [1.165, 1.54) is 25.7 Å². The quantitative estimate of drug-likeness (QED) is 0.672. The van der Waals surface area contributed by atoms with Crippen molar-refractivity contribution in [1.82, 2.24) is 15.5 Å². The summed E-state index contributed by atoms with van der Waals surface area (Å²) in [7, 11) is 0. The van der Waals surface area contributed by atoms with Crippen molar-refractivity contribution in [2.75, 3.05) is 18.4 Å². The van der Waals surface area contributed by atoms with Gasteiger partial charge in [0.15, 0.2) is 0 Å². The predicted molar refractivity (Wildman–Crippen MR) is 73.5 cm³/mol. The van der Waals surface area contributed by atoms with Crippen molar-refractivity contribution in [3.8, 4) is 0 Å². The van der Waals surface area contributed by atoms with Crippen molar-refractivity contribution >= 4 is 6.01 Å². The summed E-state index contributed by atoms with van der Waals surface area (Å²) >= 11 is 0. The second-order valence-corrected chi connectivity index (χ2v) is 4.58. The highest BCUT2D eigenvalue weighted by atomic mass is 16.4. The van der Waals surface area contributed by atoms with Crippen LogP contribution in [0.15, 0.2) is 4.42 Å². The van der Waals surface area contributed by atoms with E-state index in [2.05, 4.69) is 41.6 Å². The van der Waals surface area contributed by atoms with Crippen molar-refractivity contribution in [2.24, 2.45) is 5.92 Å². The molecule has 0 saturated heterocycles. The lowest BCUT2D eigenvalue weighted by atomic mass is 10.00. The number of aromatic nitrogens is 2. The molecule has 0 aliphatic carbocycles. The molecule has 1 atom stereocenters. The Balaban J connectivity index is 2.30. The number of hydrogen-bond acceptors (Lipinski definition) is 5. The summed E-state index contributed by atoms with van der Waals surface area (Å²) < 4.78 is 5.49. The molecule has 0 aliphatic rings. The Morgan fingerprint density at radius 3 is 2.72 bits per heavy atom. The lowest BCUT2D eigenvalue weighted by Gasteiger charge is -2.13. The number of rotatable bonds is 10. The maximum Gasteiger partial charge on any atom is 0.315 e. The number of nitrogens with zero attached hydrogens (tertiary/aromatic N) is 2. The van der Waals surface area contributed by atoms with E-state index in [0.717, 1.165) is 13.1 Å². The largest absolute Gasteiger partial charge is 0.407 e. The van der Waals surface area contributed by atoms with Crippen LogP contribution < -0.4 is 10.6 Å². The fourth-order valence-electron chi connectivity index (χ4n) is 1.80. The SMILES string of the molecule is CCCCC(CC)CNc1nnc(CNCC)o1. The highest BCUT2D eigenvalue weighted by Crippen LogP contribution is 2.14. The number of hydrogen-bond donors (Lipinski definition) is 2. The summed E-state index contributed by atoms with van der Waals surface area (Å²) in [5.41, 5.74) is 0. The molecule has 0 bridgehead atoms. The molecule has 5 heteroatoms. The van der Waals surface area contributed by atoms with E-state index in [4.69, 9.17) is 4.42 Å². The first-order valence-electron chi connectivity index (χ1n) is 7.07. The van der Waals surface area contributed by atoms with Crippen LogP contribution in [-0.2, 0) is 6.54 Å². The topological polar surface area (TPSA) is 63.0 Å². The molecule has 18 heavy (non-hydrogen) atoms. The van der Waals surface area contributed by atoms with E-state index >= 15 is 0 Å². The summed E-state index contributed by atoms with van der Waals surface area (Å²) in [5, 5.41) is 14.4. The van der Waals surface area contributed by atoms with Gasteiger partial charge in [-0.2, -0.15) is 0 Å². The molecule has 0 radical (unpaired) electrons. The molecule has 5 nitrogen and oxygen atoms in total. The second kappa shape index (κ2) is 8.91. The first-order valence-corrected chi connectivity index (χ1v) is 7.07. The third-order valence-corrected chi connectivity index (χ3v) is 3.08. The average molecular weight is 254 g/mol. The van der Waals surface area contributed by atoms with Crippen LogP contribution in [0, 0.1) is 5.92 Å². The van der Waals surface area contributed by atoms with E-state index < -0.39 is 0 Å². The zero-order chi connectivity index (χ0) is 13.2. The van der Waals surface area contributed by atoms with Gasteiger partial charge < -0.3 is 15.1 Å². The lowest BCUT2D eigenvalue weighted by molar-refractivity contribution is 0.452. The van der Waals surface area contributed by atoms with Gasteiger partial charge in [0.1, 0.15) is 0 Å². The second-order valence-electron chi connectivity index (χ2n) is 4.58. The molecular formula is C13H26N4O. The van der Waals surface area contributed by atoms with Gasteiger partial charge in [-0.1, -0.05) is 45.1 Å². The van der Waals surface area contributed by atoms with Crippen molar-refractivity contribution in [3.63, 3.8) is 0 Å². The maximum absolute atomic E-state index is 5.49. The van der Waals surface area contributed by atoms with Gasteiger partial charge in [0.25, 0.3) is 0 Å². The molecule has 0 aromatic carbocycles. The van der Waals surface area contributed by atoms with Gasteiger partial charge in [0.05, 0.1) is 6.54 Å². The van der Waals surface area contributed by atoms with Crippen LogP contribution in [0.5, 0.6) is 0 Å². The smallest absolute Gasteiger partial charge is 0.315 e. The van der Waals surface area contributed by atoms with Gasteiger partial charge in [0, 0.05) is 6.54 Å². The highest BCUT2D eigenvalue weighted by Gasteiger charge is 2.09. The molecule has 2 N–H and O–H groups in total. The van der Waals surface area contributed by atoms with Crippen LogP contribution in [0.2, 0.25) is 0 Å².